The first-order valence-electron chi connectivity index (χ1n) is 12.7. The van der Waals surface area contributed by atoms with Crippen molar-refractivity contribution in [1.82, 2.24) is 15.0 Å². The maximum atomic E-state index is 12.1. The van der Waals surface area contributed by atoms with Gasteiger partial charge < -0.3 is 15.1 Å². The van der Waals surface area contributed by atoms with Crippen LogP contribution in [-0.2, 0) is 0 Å². The molecule has 3 aromatic carbocycles. The molecule has 0 aliphatic carbocycles. The molecule has 8 nitrogen and oxygen atoms in total. The lowest BCUT2D eigenvalue weighted by Gasteiger charge is -2.27. The summed E-state index contributed by atoms with van der Waals surface area (Å²) >= 11 is 0. The molecule has 3 heterocycles. The largest absolute Gasteiger partial charge is 0.478 e. The van der Waals surface area contributed by atoms with E-state index in [1.807, 2.05) is 91.0 Å². The van der Waals surface area contributed by atoms with E-state index >= 15 is 0 Å². The molecule has 2 N–H and O–H groups in total. The Bertz CT molecular complexity index is 1870. The molecule has 0 atom stereocenters. The highest BCUT2D eigenvalue weighted by molar-refractivity contribution is 5.99. The molecule has 8 heteroatoms. The number of fused-ring (bicyclic) bond motifs is 1. The van der Waals surface area contributed by atoms with E-state index in [1.54, 1.807) is 0 Å². The number of benzene rings is 3. The number of nitrogens with zero attached hydrogens (tertiary/aromatic N) is 4. The molecular formula is C33H22N4O4. The van der Waals surface area contributed by atoms with Crippen LogP contribution in [0, 0.1) is 0 Å². The summed E-state index contributed by atoms with van der Waals surface area (Å²) in [5.41, 5.74) is 4.63. The Morgan fingerprint density at radius 2 is 1.10 bits per heavy atom. The van der Waals surface area contributed by atoms with Gasteiger partial charge in [-0.2, -0.15) is 0 Å². The Kier molecular flexibility index (Phi) is 6.63. The molecule has 0 aliphatic heterocycles. The number of carboxylic acids is 2. The third-order valence-corrected chi connectivity index (χ3v) is 6.57. The van der Waals surface area contributed by atoms with Gasteiger partial charge in [-0.05, 0) is 60.7 Å². The van der Waals surface area contributed by atoms with Gasteiger partial charge in [-0.3, -0.25) is 4.98 Å². The molecule has 3 aromatic heterocycles. The average Bonchev–Trinajstić information content (AvgIpc) is 3.02. The normalized spacial score (nSPS) is 10.8. The van der Waals surface area contributed by atoms with Gasteiger partial charge in [-0.25, -0.2) is 19.6 Å². The Morgan fingerprint density at radius 1 is 0.561 bits per heavy atom. The Morgan fingerprint density at radius 3 is 1.73 bits per heavy atom. The van der Waals surface area contributed by atoms with Crippen LogP contribution in [0.1, 0.15) is 20.7 Å². The highest BCUT2D eigenvalue weighted by Crippen LogP contribution is 2.40. The highest BCUT2D eigenvalue weighted by atomic mass is 16.4. The van der Waals surface area contributed by atoms with Crippen molar-refractivity contribution < 1.29 is 19.8 Å². The molecule has 198 valence electrons. The number of hydrogen-bond acceptors (Lipinski definition) is 6. The molecule has 0 amide bonds. The van der Waals surface area contributed by atoms with Crippen LogP contribution in [0.5, 0.6) is 0 Å². The van der Waals surface area contributed by atoms with Crippen LogP contribution in [0.3, 0.4) is 0 Å². The molecule has 6 aromatic rings. The van der Waals surface area contributed by atoms with E-state index in [0.717, 1.165) is 22.4 Å². The predicted molar refractivity (Wildman–Crippen MR) is 157 cm³/mol. The highest BCUT2D eigenvalue weighted by Gasteiger charge is 2.20. The van der Waals surface area contributed by atoms with Crippen LogP contribution in [0.4, 0.5) is 17.1 Å². The first-order chi connectivity index (χ1) is 20.0. The Balaban J connectivity index is 1.60. The molecule has 41 heavy (non-hydrogen) atoms. The van der Waals surface area contributed by atoms with Crippen molar-refractivity contribution in [3.05, 3.63) is 133 Å². The second-order valence-corrected chi connectivity index (χ2v) is 9.22. The molecule has 0 aliphatic rings. The summed E-state index contributed by atoms with van der Waals surface area (Å²) in [6.45, 7) is 0. The Hall–Kier alpha value is -5.89. The second kappa shape index (κ2) is 10.7. The maximum Gasteiger partial charge on any atom is 0.335 e. The van der Waals surface area contributed by atoms with Crippen molar-refractivity contribution in [3.63, 3.8) is 0 Å². The zero-order valence-corrected chi connectivity index (χ0v) is 21.5. The summed E-state index contributed by atoms with van der Waals surface area (Å²) in [5.74, 6) is -2.27. The molecule has 0 spiro atoms. The molecule has 0 radical (unpaired) electrons. The monoisotopic (exact) mass is 538 g/mol. The summed E-state index contributed by atoms with van der Waals surface area (Å²) in [6.07, 6.45) is 1.36. The minimum atomic E-state index is -1.15. The van der Waals surface area contributed by atoms with Crippen molar-refractivity contribution in [3.8, 4) is 22.8 Å². The van der Waals surface area contributed by atoms with E-state index in [1.165, 1.54) is 30.5 Å². The van der Waals surface area contributed by atoms with Crippen LogP contribution >= 0.6 is 0 Å². The van der Waals surface area contributed by atoms with Crippen LogP contribution in [0.15, 0.2) is 121 Å². The summed E-state index contributed by atoms with van der Waals surface area (Å²) in [6, 6.07) is 35.1. The first-order valence-corrected chi connectivity index (χ1v) is 12.7. The lowest BCUT2D eigenvalue weighted by Crippen LogP contribution is -2.11. The summed E-state index contributed by atoms with van der Waals surface area (Å²) in [4.78, 5) is 39.6. The third kappa shape index (κ3) is 5.09. The van der Waals surface area contributed by atoms with E-state index in [-0.39, 0.29) is 22.5 Å². The molecular weight excluding hydrogens is 516 g/mol. The van der Waals surface area contributed by atoms with Crippen molar-refractivity contribution in [2.45, 2.75) is 0 Å². The van der Waals surface area contributed by atoms with E-state index in [4.69, 9.17) is 9.97 Å². The fraction of sp³-hybridized carbons (Fsp3) is 0. The number of hydrogen-bond donors (Lipinski definition) is 2. The van der Waals surface area contributed by atoms with Gasteiger partial charge in [0.2, 0.25) is 0 Å². The smallest absolute Gasteiger partial charge is 0.335 e. The summed E-state index contributed by atoms with van der Waals surface area (Å²) in [5, 5.41) is 20.3. The number of anilines is 3. The molecule has 0 bridgehead atoms. The van der Waals surface area contributed by atoms with E-state index in [2.05, 4.69) is 9.88 Å². The number of carbonyl (C=O) groups is 2. The van der Waals surface area contributed by atoms with Crippen LogP contribution in [0.25, 0.3) is 33.7 Å². The van der Waals surface area contributed by atoms with Gasteiger partial charge in [0.05, 0.1) is 45.1 Å². The molecule has 0 fully saturated rings. The van der Waals surface area contributed by atoms with Gasteiger partial charge in [0.25, 0.3) is 0 Å². The van der Waals surface area contributed by atoms with Crippen molar-refractivity contribution in [2.75, 3.05) is 4.90 Å². The van der Waals surface area contributed by atoms with Gasteiger partial charge in [0.15, 0.2) is 0 Å². The lowest BCUT2D eigenvalue weighted by molar-refractivity contribution is 0.0686. The number of aromatic carboxylic acids is 2. The molecule has 6 rings (SSSR count). The van der Waals surface area contributed by atoms with Crippen LogP contribution < -0.4 is 4.90 Å². The fourth-order valence-corrected chi connectivity index (χ4v) is 4.67. The van der Waals surface area contributed by atoms with Crippen molar-refractivity contribution in [1.29, 1.82) is 0 Å². The third-order valence-electron chi connectivity index (χ3n) is 6.57. The summed E-state index contributed by atoms with van der Waals surface area (Å²) in [7, 11) is 0. The number of carboxylic acid groups (broad SMARTS) is 2. The molecule has 0 saturated carbocycles. The maximum absolute atomic E-state index is 12.1. The second-order valence-electron chi connectivity index (χ2n) is 9.22. The van der Waals surface area contributed by atoms with E-state index < -0.39 is 11.9 Å². The molecule has 0 saturated heterocycles. The van der Waals surface area contributed by atoms with Crippen molar-refractivity contribution >= 4 is 39.9 Å². The van der Waals surface area contributed by atoms with Gasteiger partial charge in [-0.1, -0.05) is 54.6 Å². The zero-order chi connectivity index (χ0) is 28.3. The summed E-state index contributed by atoms with van der Waals surface area (Å²) < 4.78 is 0. The fourth-order valence-electron chi connectivity index (χ4n) is 4.67. The minimum absolute atomic E-state index is 0.0200. The minimum Gasteiger partial charge on any atom is -0.478 e. The predicted octanol–water partition coefficient (Wildman–Crippen LogP) is 7.23. The number of pyridine rings is 3. The van der Waals surface area contributed by atoms with Gasteiger partial charge in [0, 0.05) is 23.0 Å². The number of rotatable bonds is 7. The zero-order valence-electron chi connectivity index (χ0n) is 21.5. The van der Waals surface area contributed by atoms with E-state index in [9.17, 15) is 19.8 Å². The quantitative estimate of drug-likeness (QED) is 0.219. The number of para-hydroxylation sites is 3. The van der Waals surface area contributed by atoms with Crippen molar-refractivity contribution in [2.24, 2.45) is 0 Å². The van der Waals surface area contributed by atoms with Crippen LogP contribution in [-0.4, -0.2) is 37.1 Å². The van der Waals surface area contributed by atoms with E-state index in [0.29, 0.717) is 16.9 Å². The average molecular weight is 539 g/mol. The first kappa shape index (κ1) is 25.4. The lowest BCUT2D eigenvalue weighted by atomic mass is 10.1. The van der Waals surface area contributed by atoms with Gasteiger partial charge in [0.1, 0.15) is 0 Å². The van der Waals surface area contributed by atoms with Crippen LogP contribution in [0.2, 0.25) is 0 Å². The number of aromatic nitrogens is 3. The van der Waals surface area contributed by atoms with Gasteiger partial charge in [-0.15, -0.1) is 0 Å². The SMILES string of the molecule is O=C(O)c1ccnc(-c2cc(C(=O)O)cc(-c3cc(N(c4ccccc4)c4ccccc4)c4ccccc4n3)n2)c1. The Labute approximate surface area is 234 Å². The van der Waals surface area contributed by atoms with Gasteiger partial charge >= 0.3 is 11.9 Å². The molecule has 0 unspecified atom stereocenters. The topological polar surface area (TPSA) is 117 Å². The standard InChI is InChI=1S/C33H22N4O4/c38-32(39)21-15-16-34-27(17-21)28-18-22(33(40)41)19-29(36-28)30-20-31(25-13-7-8-14-26(25)35-30)37(23-9-3-1-4-10-23)24-11-5-2-6-12-24/h1-20H,(H,38,39)(H,40,41).